The molecule has 2 aromatic rings. The summed E-state index contributed by atoms with van der Waals surface area (Å²) in [4.78, 5) is 11.8. The van der Waals surface area contributed by atoms with Crippen molar-refractivity contribution in [1.29, 1.82) is 0 Å². The second kappa shape index (κ2) is 6.01. The van der Waals surface area contributed by atoms with Crippen molar-refractivity contribution in [2.45, 2.75) is 20.0 Å². The monoisotopic (exact) mass is 259 g/mol. The average Bonchev–Trinajstić information content (AvgIpc) is 2.86. The number of hydrogen-bond donors (Lipinski definition) is 3. The number of aryl methyl sites for hydroxylation is 1. The van der Waals surface area contributed by atoms with Crippen LogP contribution in [0, 0.1) is 0 Å². The van der Waals surface area contributed by atoms with Gasteiger partial charge in [-0.15, -0.1) is 0 Å². The van der Waals surface area contributed by atoms with Crippen molar-refractivity contribution in [1.82, 2.24) is 9.78 Å². The molecule has 19 heavy (non-hydrogen) atoms. The number of nitrogens with one attached hydrogen (secondary N) is 2. The third-order valence-electron chi connectivity index (χ3n) is 2.64. The molecule has 0 fully saturated rings. The van der Waals surface area contributed by atoms with Gasteiger partial charge < -0.3 is 16.4 Å². The zero-order chi connectivity index (χ0) is 13.7. The molecular weight excluding hydrogens is 242 g/mol. The number of hydrogen-bond acceptors (Lipinski definition) is 3. The van der Waals surface area contributed by atoms with E-state index >= 15 is 0 Å². The Hall–Kier alpha value is -2.34. The third kappa shape index (κ3) is 3.56. The SMILES string of the molecule is CCn1cc(NC(=O)Nc2cccc(CN)c2)cn1. The van der Waals surface area contributed by atoms with Crippen LogP contribution in [0.15, 0.2) is 36.7 Å². The van der Waals surface area contributed by atoms with Gasteiger partial charge in [-0.2, -0.15) is 5.10 Å². The summed E-state index contributed by atoms with van der Waals surface area (Å²) in [7, 11) is 0. The van der Waals surface area contributed by atoms with Crippen molar-refractivity contribution in [3.05, 3.63) is 42.2 Å². The second-order valence-electron chi connectivity index (χ2n) is 4.07. The summed E-state index contributed by atoms with van der Waals surface area (Å²) < 4.78 is 1.74. The number of nitrogens with zero attached hydrogens (tertiary/aromatic N) is 2. The largest absolute Gasteiger partial charge is 0.326 e. The lowest BCUT2D eigenvalue weighted by atomic mass is 10.2. The molecule has 0 saturated carbocycles. The summed E-state index contributed by atoms with van der Waals surface area (Å²) in [6.45, 7) is 3.19. The second-order valence-corrected chi connectivity index (χ2v) is 4.07. The van der Waals surface area contributed by atoms with Crippen LogP contribution in [0.2, 0.25) is 0 Å². The lowest BCUT2D eigenvalue weighted by molar-refractivity contribution is 0.262. The zero-order valence-corrected chi connectivity index (χ0v) is 10.8. The number of anilines is 2. The highest BCUT2D eigenvalue weighted by atomic mass is 16.2. The maximum absolute atomic E-state index is 11.8. The lowest BCUT2D eigenvalue weighted by Gasteiger charge is -2.07. The van der Waals surface area contributed by atoms with Crippen LogP contribution in [-0.4, -0.2) is 15.8 Å². The molecule has 0 radical (unpaired) electrons. The van der Waals surface area contributed by atoms with Gasteiger partial charge in [0.15, 0.2) is 0 Å². The number of nitrogens with two attached hydrogens (primary N) is 1. The number of carbonyl (C=O) groups excluding carboxylic acids is 1. The van der Waals surface area contributed by atoms with Crippen molar-refractivity contribution in [2.75, 3.05) is 10.6 Å². The number of amides is 2. The van der Waals surface area contributed by atoms with Gasteiger partial charge in [-0.25, -0.2) is 4.79 Å². The molecule has 4 N–H and O–H groups in total. The Morgan fingerprint density at radius 3 is 2.84 bits per heavy atom. The fraction of sp³-hybridized carbons (Fsp3) is 0.231. The Labute approximate surface area is 111 Å². The molecule has 1 aromatic heterocycles. The van der Waals surface area contributed by atoms with Gasteiger partial charge in [0, 0.05) is 25.0 Å². The smallest absolute Gasteiger partial charge is 0.323 e. The van der Waals surface area contributed by atoms with E-state index < -0.39 is 0 Å². The van der Waals surface area contributed by atoms with Crippen molar-refractivity contribution in [3.8, 4) is 0 Å². The van der Waals surface area contributed by atoms with E-state index in [0.29, 0.717) is 17.9 Å². The Bertz CT molecular complexity index is 564. The van der Waals surface area contributed by atoms with Gasteiger partial charge in [-0.05, 0) is 24.6 Å². The van der Waals surface area contributed by atoms with Gasteiger partial charge in [0.1, 0.15) is 0 Å². The lowest BCUT2D eigenvalue weighted by Crippen LogP contribution is -2.19. The van der Waals surface area contributed by atoms with E-state index in [9.17, 15) is 4.79 Å². The molecule has 0 aliphatic heterocycles. The summed E-state index contributed by atoms with van der Waals surface area (Å²) in [5, 5.41) is 9.55. The minimum absolute atomic E-state index is 0.301. The zero-order valence-electron chi connectivity index (χ0n) is 10.8. The van der Waals surface area contributed by atoms with Crippen LogP contribution in [0.1, 0.15) is 12.5 Å². The molecule has 0 aliphatic carbocycles. The Balaban J connectivity index is 1.96. The average molecular weight is 259 g/mol. The van der Waals surface area contributed by atoms with E-state index in [1.54, 1.807) is 17.1 Å². The van der Waals surface area contributed by atoms with E-state index in [2.05, 4.69) is 15.7 Å². The molecular formula is C13H17N5O. The quantitative estimate of drug-likeness (QED) is 0.785. The highest BCUT2D eigenvalue weighted by molar-refractivity contribution is 5.99. The summed E-state index contributed by atoms with van der Waals surface area (Å²) in [5.41, 5.74) is 7.89. The molecule has 2 amide bonds. The van der Waals surface area contributed by atoms with Crippen LogP contribution in [0.3, 0.4) is 0 Å². The van der Waals surface area contributed by atoms with Gasteiger partial charge >= 0.3 is 6.03 Å². The van der Waals surface area contributed by atoms with E-state index in [4.69, 9.17) is 5.73 Å². The molecule has 1 heterocycles. The number of benzene rings is 1. The summed E-state index contributed by atoms with van der Waals surface area (Å²) in [6, 6.07) is 7.12. The number of carbonyl (C=O) groups is 1. The number of urea groups is 1. The minimum atomic E-state index is -0.301. The molecule has 0 atom stereocenters. The molecule has 6 heteroatoms. The summed E-state index contributed by atoms with van der Waals surface area (Å²) >= 11 is 0. The minimum Gasteiger partial charge on any atom is -0.326 e. The topological polar surface area (TPSA) is 85.0 Å². The predicted molar refractivity (Wildman–Crippen MR) is 74.9 cm³/mol. The Morgan fingerprint density at radius 1 is 1.37 bits per heavy atom. The molecule has 6 nitrogen and oxygen atoms in total. The van der Waals surface area contributed by atoms with Gasteiger partial charge in [0.2, 0.25) is 0 Å². The van der Waals surface area contributed by atoms with Crippen molar-refractivity contribution >= 4 is 17.4 Å². The van der Waals surface area contributed by atoms with E-state index in [1.165, 1.54) is 0 Å². The first-order chi connectivity index (χ1) is 9.21. The highest BCUT2D eigenvalue weighted by Crippen LogP contribution is 2.11. The normalized spacial score (nSPS) is 10.2. The molecule has 0 spiro atoms. The van der Waals surface area contributed by atoms with Crippen LogP contribution in [0.4, 0.5) is 16.2 Å². The fourth-order valence-electron chi connectivity index (χ4n) is 1.67. The highest BCUT2D eigenvalue weighted by Gasteiger charge is 2.04. The molecule has 2 rings (SSSR count). The molecule has 1 aromatic carbocycles. The van der Waals surface area contributed by atoms with E-state index in [-0.39, 0.29) is 6.03 Å². The van der Waals surface area contributed by atoms with Crippen LogP contribution in [0.5, 0.6) is 0 Å². The maximum atomic E-state index is 11.8. The predicted octanol–water partition coefficient (Wildman–Crippen LogP) is 2.01. The van der Waals surface area contributed by atoms with Crippen LogP contribution >= 0.6 is 0 Å². The third-order valence-corrected chi connectivity index (χ3v) is 2.64. The van der Waals surface area contributed by atoms with E-state index in [0.717, 1.165) is 12.1 Å². The number of rotatable bonds is 4. The fourth-order valence-corrected chi connectivity index (χ4v) is 1.67. The molecule has 0 saturated heterocycles. The van der Waals surface area contributed by atoms with Gasteiger partial charge in [0.25, 0.3) is 0 Å². The summed E-state index contributed by atoms with van der Waals surface area (Å²) in [5.74, 6) is 0. The van der Waals surface area contributed by atoms with Gasteiger partial charge in [-0.3, -0.25) is 4.68 Å². The van der Waals surface area contributed by atoms with Gasteiger partial charge in [0.05, 0.1) is 11.9 Å². The molecule has 100 valence electrons. The van der Waals surface area contributed by atoms with Gasteiger partial charge in [-0.1, -0.05) is 12.1 Å². The standard InChI is InChI=1S/C13H17N5O/c1-2-18-9-12(8-15-18)17-13(19)16-11-5-3-4-10(6-11)7-14/h3-6,8-9H,2,7,14H2,1H3,(H2,16,17,19). The van der Waals surface area contributed by atoms with Crippen molar-refractivity contribution < 1.29 is 4.79 Å². The molecule has 0 unspecified atom stereocenters. The maximum Gasteiger partial charge on any atom is 0.323 e. The first-order valence-corrected chi connectivity index (χ1v) is 6.10. The van der Waals surface area contributed by atoms with Crippen molar-refractivity contribution in [3.63, 3.8) is 0 Å². The van der Waals surface area contributed by atoms with E-state index in [1.807, 2.05) is 31.2 Å². The Morgan fingerprint density at radius 2 is 2.16 bits per heavy atom. The number of aromatic nitrogens is 2. The molecule has 0 aliphatic rings. The Kier molecular flexibility index (Phi) is 4.15. The van der Waals surface area contributed by atoms with Crippen LogP contribution < -0.4 is 16.4 Å². The summed E-state index contributed by atoms with van der Waals surface area (Å²) in [6.07, 6.45) is 3.38. The van der Waals surface area contributed by atoms with Crippen LogP contribution in [0.25, 0.3) is 0 Å². The van der Waals surface area contributed by atoms with Crippen LogP contribution in [-0.2, 0) is 13.1 Å². The first-order valence-electron chi connectivity index (χ1n) is 6.10. The molecule has 0 bridgehead atoms. The first kappa shape index (κ1) is 13.1. The van der Waals surface area contributed by atoms with Crippen molar-refractivity contribution in [2.24, 2.45) is 5.73 Å².